The van der Waals surface area contributed by atoms with Crippen LogP contribution in [-0.4, -0.2) is 43.2 Å². The van der Waals surface area contributed by atoms with Gasteiger partial charge in [-0.25, -0.2) is 24.3 Å². The van der Waals surface area contributed by atoms with Gasteiger partial charge in [-0.3, -0.25) is 0 Å². The van der Waals surface area contributed by atoms with Crippen molar-refractivity contribution >= 4 is 5.57 Å². The normalized spacial score (nSPS) is 14.5. The minimum Gasteiger partial charge on any atom is -0.480 e. The Labute approximate surface area is 223 Å². The fraction of sp³-hybridized carbons (Fsp3) is 0.370. The lowest BCUT2D eigenvalue weighted by Crippen LogP contribution is -2.07. The number of ether oxygens (including phenoxy) is 2. The smallest absolute Gasteiger partial charge is 0.434 e. The second-order valence-electron chi connectivity index (χ2n) is 8.96. The van der Waals surface area contributed by atoms with Gasteiger partial charge in [-0.1, -0.05) is 12.7 Å². The first-order valence-electron chi connectivity index (χ1n) is 12.3. The number of aromatic nitrogens is 6. The predicted octanol–water partition coefficient (Wildman–Crippen LogP) is 6.26. The van der Waals surface area contributed by atoms with Crippen LogP contribution in [0.2, 0.25) is 0 Å². The topological polar surface area (TPSA) is 87.8 Å². The molecule has 8 nitrogen and oxygen atoms in total. The Kier molecular flexibility index (Phi) is 8.12. The summed E-state index contributed by atoms with van der Waals surface area (Å²) in [5.74, 6) is 0.240. The van der Waals surface area contributed by atoms with Crippen LogP contribution in [0.5, 0.6) is 11.8 Å². The van der Waals surface area contributed by atoms with E-state index in [9.17, 15) is 13.2 Å². The Bertz CT molecular complexity index is 1440. The summed E-state index contributed by atoms with van der Waals surface area (Å²) in [4.78, 5) is 21.2. The average molecular weight is 545 g/mol. The Morgan fingerprint density at radius 2 is 1.92 bits per heavy atom. The predicted molar refractivity (Wildman–Crippen MR) is 137 cm³/mol. The van der Waals surface area contributed by atoms with Crippen molar-refractivity contribution in [1.29, 1.82) is 0 Å². The maximum atomic E-state index is 15.1. The fourth-order valence-corrected chi connectivity index (χ4v) is 3.86. The van der Waals surface area contributed by atoms with Gasteiger partial charge in [0.25, 0.3) is 0 Å². The molecule has 39 heavy (non-hydrogen) atoms. The van der Waals surface area contributed by atoms with E-state index in [0.717, 1.165) is 30.8 Å². The summed E-state index contributed by atoms with van der Waals surface area (Å²) in [6.07, 6.45) is 4.03. The molecule has 1 aliphatic rings. The molecule has 0 radical (unpaired) electrons. The van der Waals surface area contributed by atoms with Crippen LogP contribution in [-0.2, 0) is 12.7 Å². The zero-order chi connectivity index (χ0) is 28.3. The van der Waals surface area contributed by atoms with Crippen LogP contribution < -0.4 is 9.47 Å². The third-order valence-electron chi connectivity index (χ3n) is 6.17. The van der Waals surface area contributed by atoms with Crippen LogP contribution in [0.15, 0.2) is 48.9 Å². The van der Waals surface area contributed by atoms with Gasteiger partial charge in [-0.05, 0) is 45.3 Å². The number of methoxy groups -OCH3 is 1. The monoisotopic (exact) mass is 544 g/mol. The summed E-state index contributed by atoms with van der Waals surface area (Å²) in [5.41, 5.74) is 1.10. The Morgan fingerprint density at radius 1 is 1.18 bits per heavy atom. The number of rotatable bonds is 10. The molecule has 1 saturated carbocycles. The molecule has 0 atom stereocenters. The molecule has 1 aliphatic carbocycles. The van der Waals surface area contributed by atoms with Gasteiger partial charge in [0.1, 0.15) is 30.1 Å². The minimum atomic E-state index is -4.65. The molecule has 0 unspecified atom stereocenters. The molecule has 0 spiro atoms. The molecule has 3 aromatic heterocycles. The third kappa shape index (κ3) is 6.15. The highest BCUT2D eigenvalue weighted by atomic mass is 19.4. The zero-order valence-electron chi connectivity index (χ0n) is 22.0. The number of alkyl halides is 3. The van der Waals surface area contributed by atoms with Crippen molar-refractivity contribution in [3.05, 3.63) is 71.6 Å². The lowest BCUT2D eigenvalue weighted by Gasteiger charge is -2.13. The van der Waals surface area contributed by atoms with Gasteiger partial charge in [0.15, 0.2) is 11.5 Å². The van der Waals surface area contributed by atoms with E-state index < -0.39 is 17.7 Å². The highest BCUT2D eigenvalue weighted by molar-refractivity contribution is 5.72. The number of hydrogen-bond donors (Lipinski definition) is 0. The second-order valence-corrected chi connectivity index (χ2v) is 8.96. The first-order valence-corrected chi connectivity index (χ1v) is 12.3. The van der Waals surface area contributed by atoms with Crippen molar-refractivity contribution in [2.75, 3.05) is 13.7 Å². The standard InChI is InChI=1S/C27H28F4N6O2/c1-6-17(10-19(28)16(4)24-35-20(27(29,30)31)12-37(24)7-2)13-39-25-15(3)11-32-23(36-25)21-22(18-8-9-18)33-14-34-26(21)38-5/h6,10-12,14,18H,4,7-9,13H2,1-3,5H3/b17-6+,19-10+. The van der Waals surface area contributed by atoms with Gasteiger partial charge >= 0.3 is 6.18 Å². The summed E-state index contributed by atoms with van der Waals surface area (Å²) in [6, 6.07) is 0. The van der Waals surface area contributed by atoms with Crippen molar-refractivity contribution in [3.63, 3.8) is 0 Å². The molecule has 0 aliphatic heterocycles. The van der Waals surface area contributed by atoms with Crippen LogP contribution >= 0.6 is 0 Å². The highest BCUT2D eigenvalue weighted by Crippen LogP contribution is 2.45. The van der Waals surface area contributed by atoms with Crippen molar-refractivity contribution in [1.82, 2.24) is 29.5 Å². The van der Waals surface area contributed by atoms with E-state index in [-0.39, 0.29) is 36.3 Å². The zero-order valence-corrected chi connectivity index (χ0v) is 22.0. The number of imidazole rings is 1. The summed E-state index contributed by atoms with van der Waals surface area (Å²) in [6.45, 7) is 8.82. The van der Waals surface area contributed by atoms with Crippen LogP contribution in [0.3, 0.4) is 0 Å². The Hall–Kier alpha value is -4.09. The molecule has 0 bridgehead atoms. The number of nitrogens with zero attached hydrogens (tertiary/aromatic N) is 6. The van der Waals surface area contributed by atoms with Crippen molar-refractivity contribution < 1.29 is 27.0 Å². The largest absolute Gasteiger partial charge is 0.480 e. The lowest BCUT2D eigenvalue weighted by molar-refractivity contribution is -0.141. The first-order chi connectivity index (χ1) is 18.6. The van der Waals surface area contributed by atoms with E-state index in [4.69, 9.17) is 9.47 Å². The van der Waals surface area contributed by atoms with Gasteiger partial charge in [-0.15, -0.1) is 0 Å². The van der Waals surface area contributed by atoms with E-state index in [1.807, 2.05) is 0 Å². The van der Waals surface area contributed by atoms with Crippen molar-refractivity contribution in [3.8, 4) is 23.1 Å². The second kappa shape index (κ2) is 11.3. The van der Waals surface area contributed by atoms with Gasteiger partial charge < -0.3 is 14.0 Å². The molecule has 12 heteroatoms. The van der Waals surface area contributed by atoms with Crippen molar-refractivity contribution in [2.45, 2.75) is 52.3 Å². The number of halogens is 4. The molecule has 3 aromatic rings. The maximum absolute atomic E-state index is 15.1. The van der Waals surface area contributed by atoms with Crippen LogP contribution in [0.4, 0.5) is 17.6 Å². The quantitative estimate of drug-likeness (QED) is 0.220. The lowest BCUT2D eigenvalue weighted by atomic mass is 10.1. The van der Waals surface area contributed by atoms with Crippen LogP contribution in [0.1, 0.15) is 55.4 Å². The molecular formula is C27H28F4N6O2. The Balaban J connectivity index is 1.55. The number of aryl methyl sites for hydroxylation is 2. The molecule has 3 heterocycles. The fourth-order valence-electron chi connectivity index (χ4n) is 3.86. The van der Waals surface area contributed by atoms with Crippen LogP contribution in [0, 0.1) is 6.92 Å². The molecule has 0 saturated heterocycles. The van der Waals surface area contributed by atoms with E-state index in [2.05, 4.69) is 31.5 Å². The van der Waals surface area contributed by atoms with E-state index in [1.165, 1.54) is 18.0 Å². The molecule has 0 aromatic carbocycles. The molecule has 4 rings (SSSR count). The molecule has 206 valence electrons. The summed E-state index contributed by atoms with van der Waals surface area (Å²) < 4.78 is 67.0. The van der Waals surface area contributed by atoms with Crippen LogP contribution in [0.25, 0.3) is 17.0 Å². The number of hydrogen-bond acceptors (Lipinski definition) is 7. The molecule has 0 amide bonds. The minimum absolute atomic E-state index is 0.0670. The van der Waals surface area contributed by atoms with Crippen molar-refractivity contribution in [2.24, 2.45) is 0 Å². The Morgan fingerprint density at radius 3 is 2.54 bits per heavy atom. The van der Waals surface area contributed by atoms with E-state index in [0.29, 0.717) is 28.4 Å². The van der Waals surface area contributed by atoms with E-state index in [1.54, 1.807) is 33.0 Å². The first kappa shape index (κ1) is 27.9. The van der Waals surface area contributed by atoms with Gasteiger partial charge in [-0.2, -0.15) is 18.2 Å². The maximum Gasteiger partial charge on any atom is 0.434 e. The van der Waals surface area contributed by atoms with Gasteiger partial charge in [0, 0.05) is 36.0 Å². The summed E-state index contributed by atoms with van der Waals surface area (Å²) in [7, 11) is 1.51. The highest BCUT2D eigenvalue weighted by Gasteiger charge is 2.35. The van der Waals surface area contributed by atoms with Gasteiger partial charge in [0.2, 0.25) is 11.8 Å². The van der Waals surface area contributed by atoms with Gasteiger partial charge in [0.05, 0.1) is 12.8 Å². The summed E-state index contributed by atoms with van der Waals surface area (Å²) in [5, 5.41) is 0. The number of allylic oxidation sites excluding steroid dienone is 3. The molecule has 0 N–H and O–H groups in total. The summed E-state index contributed by atoms with van der Waals surface area (Å²) >= 11 is 0. The SMILES string of the molecule is C=C(/C(F)=C\C(=C/C)COc1nc(-c2c(OC)ncnc2C2CC2)ncc1C)c1nc(C(F)(F)F)cn1CC. The average Bonchev–Trinajstić information content (AvgIpc) is 3.67. The third-order valence-corrected chi connectivity index (χ3v) is 6.17. The molecule has 1 fully saturated rings. The molecular weight excluding hydrogens is 516 g/mol. The van der Waals surface area contributed by atoms with E-state index >= 15 is 4.39 Å².